The van der Waals surface area contributed by atoms with Crippen LogP contribution in [0.3, 0.4) is 0 Å². The van der Waals surface area contributed by atoms with Gasteiger partial charge in [-0.25, -0.2) is 0 Å². The Labute approximate surface area is 250 Å². The van der Waals surface area contributed by atoms with Crippen LogP contribution in [-0.4, -0.2) is 5.16 Å². The summed E-state index contributed by atoms with van der Waals surface area (Å²) in [5, 5.41) is 0.134. The van der Waals surface area contributed by atoms with Crippen LogP contribution >= 0.6 is 9.24 Å². The van der Waals surface area contributed by atoms with Crippen LogP contribution in [0.4, 0.5) is 0 Å². The first-order chi connectivity index (χ1) is 19.7. The van der Waals surface area contributed by atoms with E-state index >= 15 is 0 Å². The van der Waals surface area contributed by atoms with Gasteiger partial charge in [0, 0.05) is 0 Å². The molecule has 40 heavy (non-hydrogen) atoms. The van der Waals surface area contributed by atoms with Gasteiger partial charge in [-0.1, -0.05) is 188 Å². The van der Waals surface area contributed by atoms with Crippen LogP contribution in [-0.2, 0) is 19.3 Å². The first-order valence-corrected chi connectivity index (χ1v) is 17.2. The van der Waals surface area contributed by atoms with Crippen molar-refractivity contribution in [1.29, 1.82) is 0 Å². The van der Waals surface area contributed by atoms with Crippen molar-refractivity contribution in [3.05, 3.63) is 108 Å². The fourth-order valence-electron chi connectivity index (χ4n) is 6.38. The zero-order valence-electron chi connectivity index (χ0n) is 25.5. The molecule has 0 aromatic heterocycles. The number of hydrogen-bond acceptors (Lipinski definition) is 0. The van der Waals surface area contributed by atoms with Gasteiger partial charge in [-0.2, -0.15) is 0 Å². The summed E-state index contributed by atoms with van der Waals surface area (Å²) >= 11 is 0. The summed E-state index contributed by atoms with van der Waals surface area (Å²) in [4.78, 5) is 0. The van der Waals surface area contributed by atoms with E-state index in [-0.39, 0.29) is 5.16 Å². The third-order valence-electron chi connectivity index (χ3n) is 8.80. The number of hydrogen-bond donors (Lipinski definition) is 0. The molecule has 0 spiro atoms. The Morgan fingerprint density at radius 1 is 0.475 bits per heavy atom. The monoisotopic (exact) mass is 556 g/mol. The van der Waals surface area contributed by atoms with Crippen LogP contribution in [0.5, 0.6) is 0 Å². The van der Waals surface area contributed by atoms with Crippen LogP contribution in [0.2, 0.25) is 0 Å². The van der Waals surface area contributed by atoms with Crippen molar-refractivity contribution in [2.24, 2.45) is 5.92 Å². The Hall–Kier alpha value is -1.91. The molecule has 3 aromatic carbocycles. The summed E-state index contributed by atoms with van der Waals surface area (Å²) in [6, 6.07) is 33.5. The second-order valence-electron chi connectivity index (χ2n) is 12.3. The zero-order valence-corrected chi connectivity index (χ0v) is 26.7. The van der Waals surface area contributed by atoms with Gasteiger partial charge in [-0.05, 0) is 53.4 Å². The van der Waals surface area contributed by atoms with E-state index in [1.165, 1.54) is 113 Å². The van der Waals surface area contributed by atoms with E-state index in [1.807, 2.05) is 0 Å². The summed E-state index contributed by atoms with van der Waals surface area (Å²) in [7, 11) is 3.40. The molecule has 0 nitrogen and oxygen atoms in total. The Balaban J connectivity index is 1.51. The van der Waals surface area contributed by atoms with E-state index in [0.29, 0.717) is 5.92 Å². The van der Waals surface area contributed by atoms with Gasteiger partial charge in [0.2, 0.25) is 0 Å². The van der Waals surface area contributed by atoms with Crippen molar-refractivity contribution in [2.45, 2.75) is 128 Å². The van der Waals surface area contributed by atoms with E-state index in [9.17, 15) is 0 Å². The summed E-state index contributed by atoms with van der Waals surface area (Å²) in [5.74, 6) is 0.623. The maximum Gasteiger partial charge on any atom is -0.00385 e. The largest absolute Gasteiger partial charge is 0.130 e. The molecule has 0 fully saturated rings. The van der Waals surface area contributed by atoms with Gasteiger partial charge >= 0.3 is 0 Å². The van der Waals surface area contributed by atoms with Gasteiger partial charge in [0.15, 0.2) is 0 Å². The molecule has 1 heteroatoms. The van der Waals surface area contributed by atoms with E-state index < -0.39 is 0 Å². The van der Waals surface area contributed by atoms with Gasteiger partial charge in [-0.15, -0.1) is 9.24 Å². The standard InChI is InChI=1S/C39H57P/c1-2-3-4-5-6-7-8-9-10-11-12-13-14-24-31-38(32-35-25-18-15-19-26-35)39(40,33-36-27-20-16-21-28-36)34-37-29-22-17-23-30-37/h15-23,25-30,38H,2-14,24,31-34,40H2,1H3. The molecule has 0 amide bonds. The third kappa shape index (κ3) is 13.2. The van der Waals surface area contributed by atoms with Crippen molar-refractivity contribution in [3.8, 4) is 0 Å². The lowest BCUT2D eigenvalue weighted by Gasteiger charge is -2.39. The molecule has 0 N–H and O–H groups in total. The first kappa shape index (κ1) is 32.6. The smallest absolute Gasteiger partial charge is 0.00385 e. The second-order valence-corrected chi connectivity index (χ2v) is 13.5. The highest BCUT2D eigenvalue weighted by Crippen LogP contribution is 2.40. The molecule has 0 aliphatic rings. The fraction of sp³-hybridized carbons (Fsp3) is 0.538. The Morgan fingerprint density at radius 3 is 1.23 bits per heavy atom. The average molecular weight is 557 g/mol. The maximum atomic E-state index is 3.40. The molecule has 0 saturated carbocycles. The van der Waals surface area contributed by atoms with Crippen molar-refractivity contribution < 1.29 is 0 Å². The van der Waals surface area contributed by atoms with E-state index in [0.717, 1.165) is 19.3 Å². The van der Waals surface area contributed by atoms with E-state index in [4.69, 9.17) is 0 Å². The van der Waals surface area contributed by atoms with Crippen molar-refractivity contribution in [1.82, 2.24) is 0 Å². The highest BCUT2D eigenvalue weighted by atomic mass is 31.0. The average Bonchev–Trinajstić information content (AvgIpc) is 2.98. The molecular weight excluding hydrogens is 499 g/mol. The lowest BCUT2D eigenvalue weighted by molar-refractivity contribution is 0.330. The molecule has 2 unspecified atom stereocenters. The van der Waals surface area contributed by atoms with E-state index in [2.05, 4.69) is 107 Å². The Morgan fingerprint density at radius 2 is 0.825 bits per heavy atom. The summed E-state index contributed by atoms with van der Waals surface area (Å²) < 4.78 is 0. The molecule has 0 heterocycles. The molecule has 0 bridgehead atoms. The van der Waals surface area contributed by atoms with Crippen molar-refractivity contribution >= 4 is 9.24 Å². The molecule has 0 aliphatic heterocycles. The van der Waals surface area contributed by atoms with Gasteiger partial charge in [0.25, 0.3) is 0 Å². The van der Waals surface area contributed by atoms with E-state index in [1.54, 1.807) is 0 Å². The van der Waals surface area contributed by atoms with Crippen LogP contribution in [0.15, 0.2) is 91.0 Å². The zero-order chi connectivity index (χ0) is 28.1. The minimum absolute atomic E-state index is 0.134. The lowest BCUT2D eigenvalue weighted by Crippen LogP contribution is -2.38. The van der Waals surface area contributed by atoms with Crippen LogP contribution in [0.25, 0.3) is 0 Å². The SMILES string of the molecule is CCCCCCCCCCCCCCCCC(Cc1ccccc1)C(P)(Cc1ccccc1)Cc1ccccc1. The quantitative estimate of drug-likeness (QED) is 0.0852. The van der Waals surface area contributed by atoms with Crippen LogP contribution in [0.1, 0.15) is 120 Å². The van der Waals surface area contributed by atoms with Gasteiger partial charge in [0.05, 0.1) is 0 Å². The third-order valence-corrected chi connectivity index (χ3v) is 9.68. The molecule has 218 valence electrons. The Bertz CT molecular complexity index is 940. The van der Waals surface area contributed by atoms with Crippen molar-refractivity contribution in [3.63, 3.8) is 0 Å². The molecular formula is C39H57P. The number of benzene rings is 3. The summed E-state index contributed by atoms with van der Waals surface area (Å²) in [5.41, 5.74) is 4.38. The first-order valence-electron chi connectivity index (χ1n) is 16.6. The molecule has 3 aromatic rings. The van der Waals surface area contributed by atoms with Crippen LogP contribution < -0.4 is 0 Å². The summed E-state index contributed by atoms with van der Waals surface area (Å²) in [6.07, 6.45) is 24.5. The minimum atomic E-state index is 0.134. The molecule has 0 saturated heterocycles. The molecule has 0 aliphatic carbocycles. The highest BCUT2D eigenvalue weighted by Gasteiger charge is 2.34. The number of unbranched alkanes of at least 4 members (excludes halogenated alkanes) is 13. The molecule has 0 radical (unpaired) electrons. The topological polar surface area (TPSA) is 0 Å². The number of rotatable bonds is 22. The minimum Gasteiger partial charge on any atom is -0.130 e. The second kappa shape index (κ2) is 20.0. The van der Waals surface area contributed by atoms with Gasteiger partial charge in [0.1, 0.15) is 0 Å². The fourth-order valence-corrected chi connectivity index (χ4v) is 7.14. The predicted molar refractivity (Wildman–Crippen MR) is 181 cm³/mol. The molecule has 2 atom stereocenters. The van der Waals surface area contributed by atoms with Gasteiger partial charge in [-0.3, -0.25) is 0 Å². The van der Waals surface area contributed by atoms with Crippen LogP contribution in [0, 0.1) is 5.92 Å². The Kier molecular flexibility index (Phi) is 16.3. The normalized spacial score (nSPS) is 12.4. The maximum absolute atomic E-state index is 3.40. The lowest BCUT2D eigenvalue weighted by atomic mass is 9.75. The predicted octanol–water partition coefficient (Wildman–Crippen LogP) is 11.8. The van der Waals surface area contributed by atoms with Gasteiger partial charge < -0.3 is 0 Å². The van der Waals surface area contributed by atoms with Crippen molar-refractivity contribution in [2.75, 3.05) is 0 Å². The molecule has 3 rings (SSSR count). The highest BCUT2D eigenvalue weighted by molar-refractivity contribution is 7.19. The summed E-state index contributed by atoms with van der Waals surface area (Å²) in [6.45, 7) is 2.30.